The second-order valence-corrected chi connectivity index (χ2v) is 4.46. The molecule has 1 aliphatic heterocycles. The van der Waals surface area contributed by atoms with E-state index >= 15 is 0 Å². The molecule has 1 aromatic rings. The summed E-state index contributed by atoms with van der Waals surface area (Å²) in [6.45, 7) is -0.576. The maximum atomic E-state index is 11.9. The van der Waals surface area contributed by atoms with Crippen molar-refractivity contribution in [2.75, 3.05) is 6.61 Å². The number of ether oxygens (including phenoxy) is 2. The van der Waals surface area contributed by atoms with Crippen LogP contribution in [0.2, 0.25) is 0 Å². The number of hydrogen-bond acceptors (Lipinski definition) is 7. The topological polar surface area (TPSA) is 116 Å². The van der Waals surface area contributed by atoms with Crippen molar-refractivity contribution in [2.45, 2.75) is 30.7 Å². The highest BCUT2D eigenvalue weighted by Gasteiger charge is 2.45. The predicted octanol–water partition coefficient (Wildman–Crippen LogP) is -1.36. The second kappa shape index (κ2) is 6.29. The van der Waals surface area contributed by atoms with Crippen LogP contribution in [0.5, 0.6) is 0 Å². The van der Waals surface area contributed by atoms with E-state index < -0.39 is 43.3 Å². The Kier molecular flexibility index (Phi) is 4.69. The molecule has 1 aromatic carbocycles. The van der Waals surface area contributed by atoms with Gasteiger partial charge in [-0.2, -0.15) is 0 Å². The number of benzene rings is 1. The number of aliphatic hydroxyl groups excluding tert-OH is 4. The number of rotatable bonds is 3. The second-order valence-electron chi connectivity index (χ2n) is 4.46. The molecule has 20 heavy (non-hydrogen) atoms. The molecule has 2 rings (SSSR count). The van der Waals surface area contributed by atoms with E-state index in [4.69, 9.17) is 14.6 Å². The molecular weight excluding hydrogens is 268 g/mol. The molecule has 0 saturated carbocycles. The zero-order valence-electron chi connectivity index (χ0n) is 10.5. The zero-order valence-corrected chi connectivity index (χ0v) is 10.5. The molecule has 1 aliphatic rings. The Morgan fingerprint density at radius 2 is 1.80 bits per heavy atom. The molecule has 1 heterocycles. The van der Waals surface area contributed by atoms with Crippen molar-refractivity contribution in [3.8, 4) is 0 Å². The first-order chi connectivity index (χ1) is 9.54. The number of carbonyl (C=O) groups excluding carboxylic acids is 1. The van der Waals surface area contributed by atoms with Gasteiger partial charge in [-0.3, -0.25) is 0 Å². The molecule has 0 aliphatic carbocycles. The first-order valence-corrected chi connectivity index (χ1v) is 6.11. The fraction of sp³-hybridized carbons (Fsp3) is 0.462. The minimum Gasteiger partial charge on any atom is -0.453 e. The summed E-state index contributed by atoms with van der Waals surface area (Å²) in [5.74, 6) is -0.722. The van der Waals surface area contributed by atoms with E-state index in [0.717, 1.165) is 0 Å². The molecule has 7 nitrogen and oxygen atoms in total. The van der Waals surface area contributed by atoms with Gasteiger partial charge in [0.05, 0.1) is 12.2 Å². The van der Waals surface area contributed by atoms with E-state index in [9.17, 15) is 20.1 Å². The van der Waals surface area contributed by atoms with Crippen molar-refractivity contribution >= 4 is 5.97 Å². The molecule has 5 atom stereocenters. The van der Waals surface area contributed by atoms with Crippen LogP contribution in [-0.2, 0) is 9.47 Å². The molecule has 4 N–H and O–H groups in total. The van der Waals surface area contributed by atoms with Crippen LogP contribution in [0, 0.1) is 0 Å². The molecule has 1 fully saturated rings. The quantitative estimate of drug-likeness (QED) is 0.507. The summed E-state index contributed by atoms with van der Waals surface area (Å²) in [7, 11) is 0. The van der Waals surface area contributed by atoms with Gasteiger partial charge in [0.2, 0.25) is 0 Å². The Balaban J connectivity index is 2.11. The summed E-state index contributed by atoms with van der Waals surface area (Å²) in [6.07, 6.45) is -7.20. The van der Waals surface area contributed by atoms with Gasteiger partial charge in [-0.25, -0.2) is 4.79 Å². The van der Waals surface area contributed by atoms with Gasteiger partial charge in [-0.1, -0.05) is 18.2 Å². The monoisotopic (exact) mass is 284 g/mol. The summed E-state index contributed by atoms with van der Waals surface area (Å²) >= 11 is 0. The molecule has 0 unspecified atom stereocenters. The Morgan fingerprint density at radius 1 is 1.15 bits per heavy atom. The molecule has 0 bridgehead atoms. The largest absolute Gasteiger partial charge is 0.453 e. The zero-order chi connectivity index (χ0) is 14.7. The first kappa shape index (κ1) is 14.9. The normalized spacial score (nSPS) is 33.7. The van der Waals surface area contributed by atoms with Crippen LogP contribution in [0.4, 0.5) is 0 Å². The van der Waals surface area contributed by atoms with Gasteiger partial charge in [0.15, 0.2) is 12.4 Å². The van der Waals surface area contributed by atoms with E-state index in [2.05, 4.69) is 0 Å². The van der Waals surface area contributed by atoms with Gasteiger partial charge < -0.3 is 29.9 Å². The molecular formula is C13H16O7. The Hall–Kier alpha value is -1.51. The number of aliphatic hydroxyl groups is 4. The Morgan fingerprint density at radius 3 is 2.40 bits per heavy atom. The van der Waals surface area contributed by atoms with Crippen LogP contribution in [0.3, 0.4) is 0 Å². The number of hydrogen-bond donors (Lipinski definition) is 4. The lowest BCUT2D eigenvalue weighted by Gasteiger charge is -2.39. The fourth-order valence-electron chi connectivity index (χ4n) is 1.98. The molecule has 0 amide bonds. The molecule has 0 radical (unpaired) electrons. The van der Waals surface area contributed by atoms with E-state index in [0.29, 0.717) is 0 Å². The molecule has 7 heteroatoms. The summed E-state index contributed by atoms with van der Waals surface area (Å²) in [4.78, 5) is 11.9. The predicted molar refractivity (Wildman–Crippen MR) is 65.6 cm³/mol. The number of carbonyl (C=O) groups is 1. The van der Waals surface area contributed by atoms with E-state index in [1.165, 1.54) is 12.1 Å². The lowest BCUT2D eigenvalue weighted by Crippen LogP contribution is -2.59. The smallest absolute Gasteiger partial charge is 0.338 e. The third-order valence-electron chi connectivity index (χ3n) is 3.09. The minimum atomic E-state index is -1.64. The van der Waals surface area contributed by atoms with Crippen molar-refractivity contribution in [3.63, 3.8) is 0 Å². The van der Waals surface area contributed by atoms with Crippen LogP contribution < -0.4 is 0 Å². The van der Waals surface area contributed by atoms with Crippen LogP contribution >= 0.6 is 0 Å². The average Bonchev–Trinajstić information content (AvgIpc) is 2.48. The van der Waals surface area contributed by atoms with Crippen molar-refractivity contribution in [1.82, 2.24) is 0 Å². The maximum Gasteiger partial charge on any atom is 0.338 e. The SMILES string of the molecule is O=C(O[C@@H]1[C@H](O)[C@@H](O)[C@@H](O)O[C@@H]1CO)c1ccccc1. The van der Waals surface area contributed by atoms with Gasteiger partial charge >= 0.3 is 5.97 Å². The highest BCUT2D eigenvalue weighted by atomic mass is 16.7. The highest BCUT2D eigenvalue weighted by Crippen LogP contribution is 2.23. The summed E-state index contributed by atoms with van der Waals surface area (Å²) in [5, 5.41) is 37.8. The molecule has 110 valence electrons. The van der Waals surface area contributed by atoms with Crippen molar-refractivity contribution < 1.29 is 34.7 Å². The van der Waals surface area contributed by atoms with Crippen molar-refractivity contribution in [1.29, 1.82) is 0 Å². The maximum absolute atomic E-state index is 11.9. The third-order valence-corrected chi connectivity index (χ3v) is 3.09. The van der Waals surface area contributed by atoms with Gasteiger partial charge in [-0.15, -0.1) is 0 Å². The Bertz CT molecular complexity index is 447. The van der Waals surface area contributed by atoms with Crippen LogP contribution in [0.25, 0.3) is 0 Å². The summed E-state index contributed by atoms with van der Waals surface area (Å²) < 4.78 is 9.95. The minimum absolute atomic E-state index is 0.261. The van der Waals surface area contributed by atoms with Crippen LogP contribution in [-0.4, -0.2) is 63.7 Å². The van der Waals surface area contributed by atoms with Crippen LogP contribution in [0.1, 0.15) is 10.4 Å². The van der Waals surface area contributed by atoms with Gasteiger partial charge in [-0.05, 0) is 12.1 Å². The number of esters is 1. The Labute approximate surface area is 115 Å². The lowest BCUT2D eigenvalue weighted by molar-refractivity contribution is -0.285. The van der Waals surface area contributed by atoms with Crippen LogP contribution in [0.15, 0.2) is 30.3 Å². The molecule has 0 aromatic heterocycles. The van der Waals surface area contributed by atoms with Gasteiger partial charge in [0.25, 0.3) is 0 Å². The average molecular weight is 284 g/mol. The van der Waals surface area contributed by atoms with E-state index in [-0.39, 0.29) is 5.56 Å². The lowest BCUT2D eigenvalue weighted by atomic mass is 9.99. The fourth-order valence-corrected chi connectivity index (χ4v) is 1.98. The summed E-state index contributed by atoms with van der Waals surface area (Å²) in [6, 6.07) is 8.07. The van der Waals surface area contributed by atoms with Crippen molar-refractivity contribution in [3.05, 3.63) is 35.9 Å². The van der Waals surface area contributed by atoms with E-state index in [1.807, 2.05) is 0 Å². The highest BCUT2D eigenvalue weighted by molar-refractivity contribution is 5.89. The summed E-state index contributed by atoms with van der Waals surface area (Å²) in [5.41, 5.74) is 0.261. The molecule has 0 spiro atoms. The van der Waals surface area contributed by atoms with Gasteiger partial charge in [0, 0.05) is 0 Å². The van der Waals surface area contributed by atoms with Crippen molar-refractivity contribution in [2.24, 2.45) is 0 Å². The first-order valence-electron chi connectivity index (χ1n) is 6.11. The molecule has 1 saturated heterocycles. The standard InChI is InChI=1S/C13H16O7/c14-6-8-11(9(15)10(16)13(18)19-8)20-12(17)7-4-2-1-3-5-7/h1-5,8-11,13-16,18H,6H2/t8-,9-,10-,11+,13+/m1/s1. The van der Waals surface area contributed by atoms with E-state index in [1.54, 1.807) is 18.2 Å². The third kappa shape index (κ3) is 2.97. The van der Waals surface area contributed by atoms with Gasteiger partial charge in [0.1, 0.15) is 18.3 Å².